The number of likely N-dealkylation sites (N-methyl/N-ethyl adjacent to an activating group) is 1. The van der Waals surface area contributed by atoms with Gasteiger partial charge in [-0.2, -0.15) is 0 Å². The number of rotatable bonds is 1. The summed E-state index contributed by atoms with van der Waals surface area (Å²) in [7, 11) is 1.54. The lowest BCUT2D eigenvalue weighted by molar-refractivity contribution is -0.124. The van der Waals surface area contributed by atoms with E-state index in [4.69, 9.17) is 4.74 Å². The molecular weight excluding hydrogens is 270 g/mol. The van der Waals surface area contributed by atoms with Crippen molar-refractivity contribution in [1.29, 1.82) is 0 Å². The molecule has 5 nitrogen and oxygen atoms in total. The van der Waals surface area contributed by atoms with Gasteiger partial charge in [0.2, 0.25) is 5.91 Å². The Bertz CT molecular complexity index is 593. The summed E-state index contributed by atoms with van der Waals surface area (Å²) in [6.07, 6.45) is 0. The van der Waals surface area contributed by atoms with Gasteiger partial charge >= 0.3 is 6.03 Å². The van der Waals surface area contributed by atoms with Crippen LogP contribution in [0.15, 0.2) is 18.2 Å². The maximum atomic E-state index is 13.8. The first kappa shape index (κ1) is 13.0. The number of amides is 3. The molecule has 2 aliphatic heterocycles. The lowest BCUT2D eigenvalue weighted by atomic mass is 9.98. The fraction of sp³-hybridized carbons (Fsp3) is 0.385. The van der Waals surface area contributed by atoms with E-state index < -0.39 is 29.5 Å². The number of imide groups is 1. The largest absolute Gasteiger partial charge is 0.378 e. The minimum atomic E-state index is -0.947. The summed E-state index contributed by atoms with van der Waals surface area (Å²) in [5.74, 6) is -2.74. The Morgan fingerprint density at radius 1 is 1.25 bits per heavy atom. The molecule has 0 N–H and O–H groups in total. The molecule has 0 bridgehead atoms. The fourth-order valence-electron chi connectivity index (χ4n) is 2.60. The Morgan fingerprint density at radius 3 is 2.70 bits per heavy atom. The van der Waals surface area contributed by atoms with Crippen molar-refractivity contribution in [2.75, 3.05) is 25.2 Å². The van der Waals surface area contributed by atoms with E-state index in [0.29, 0.717) is 12.7 Å². The second-order valence-electron chi connectivity index (χ2n) is 4.87. The fourth-order valence-corrected chi connectivity index (χ4v) is 2.60. The molecule has 3 amide bonds. The van der Waals surface area contributed by atoms with E-state index in [0.717, 1.165) is 17.0 Å². The van der Waals surface area contributed by atoms with Gasteiger partial charge in [0, 0.05) is 13.1 Å². The van der Waals surface area contributed by atoms with E-state index in [1.54, 1.807) is 0 Å². The number of hydrogen-bond donors (Lipinski definition) is 0. The number of carbonyl (C=O) groups is 2. The van der Waals surface area contributed by atoms with E-state index in [1.807, 2.05) is 0 Å². The summed E-state index contributed by atoms with van der Waals surface area (Å²) in [4.78, 5) is 26.7. The van der Waals surface area contributed by atoms with Gasteiger partial charge in [0.25, 0.3) is 0 Å². The van der Waals surface area contributed by atoms with Crippen molar-refractivity contribution in [2.45, 2.75) is 6.04 Å². The molecule has 1 aromatic carbocycles. The van der Waals surface area contributed by atoms with Crippen LogP contribution in [0, 0.1) is 17.6 Å². The van der Waals surface area contributed by atoms with Crippen molar-refractivity contribution in [1.82, 2.24) is 4.90 Å². The van der Waals surface area contributed by atoms with Gasteiger partial charge in [0.05, 0.1) is 30.9 Å². The third-order valence-electron chi connectivity index (χ3n) is 3.73. The minimum absolute atomic E-state index is 0.195. The Kier molecular flexibility index (Phi) is 2.93. The first-order valence-electron chi connectivity index (χ1n) is 6.14. The molecule has 2 atom stereocenters. The Hall–Kier alpha value is -2.02. The molecule has 2 heterocycles. The molecule has 2 unspecified atom stereocenters. The highest BCUT2D eigenvalue weighted by Crippen LogP contribution is 2.32. The number of fused-ring (bicyclic) bond motifs is 1. The lowest BCUT2D eigenvalue weighted by Crippen LogP contribution is -2.60. The Labute approximate surface area is 113 Å². The number of urea groups is 1. The summed E-state index contributed by atoms with van der Waals surface area (Å²) in [5.41, 5.74) is -0.237. The van der Waals surface area contributed by atoms with Crippen LogP contribution in [0.4, 0.5) is 19.3 Å². The molecule has 0 radical (unpaired) electrons. The highest BCUT2D eigenvalue weighted by molar-refractivity contribution is 6.17. The number of anilines is 1. The zero-order valence-corrected chi connectivity index (χ0v) is 10.7. The standard InChI is InChI=1S/C13H12F2N2O3/c1-16-11-6-20-5-8(11)12(18)17(13(16)19)10-3-2-7(14)4-9(10)15/h2-4,8,11H,5-6H2,1H3. The number of hydrogen-bond acceptors (Lipinski definition) is 3. The zero-order chi connectivity index (χ0) is 14.4. The summed E-state index contributed by atoms with van der Waals surface area (Å²) in [6.45, 7) is 0.485. The molecule has 0 aliphatic carbocycles. The van der Waals surface area contributed by atoms with Crippen LogP contribution in [0.5, 0.6) is 0 Å². The maximum Gasteiger partial charge on any atom is 0.331 e. The van der Waals surface area contributed by atoms with E-state index in [1.165, 1.54) is 11.9 Å². The zero-order valence-electron chi connectivity index (χ0n) is 10.7. The van der Waals surface area contributed by atoms with Crippen molar-refractivity contribution < 1.29 is 23.1 Å². The van der Waals surface area contributed by atoms with Crippen LogP contribution in [0.25, 0.3) is 0 Å². The highest BCUT2D eigenvalue weighted by Gasteiger charge is 2.48. The molecular formula is C13H12F2N2O3. The van der Waals surface area contributed by atoms with Crippen LogP contribution in [0.3, 0.4) is 0 Å². The number of ether oxygens (including phenoxy) is 1. The molecule has 1 aromatic rings. The van der Waals surface area contributed by atoms with E-state index in [2.05, 4.69) is 0 Å². The van der Waals surface area contributed by atoms with Crippen molar-refractivity contribution in [3.8, 4) is 0 Å². The molecule has 0 spiro atoms. The molecule has 0 aromatic heterocycles. The average Bonchev–Trinajstić information content (AvgIpc) is 2.88. The van der Waals surface area contributed by atoms with Crippen molar-refractivity contribution in [3.63, 3.8) is 0 Å². The average molecular weight is 282 g/mol. The van der Waals surface area contributed by atoms with Gasteiger partial charge in [0.15, 0.2) is 0 Å². The van der Waals surface area contributed by atoms with Crippen molar-refractivity contribution >= 4 is 17.6 Å². The van der Waals surface area contributed by atoms with Gasteiger partial charge in [-0.1, -0.05) is 0 Å². The second kappa shape index (κ2) is 4.52. The van der Waals surface area contributed by atoms with Gasteiger partial charge in [-0.05, 0) is 12.1 Å². The van der Waals surface area contributed by atoms with Crippen LogP contribution in [0.2, 0.25) is 0 Å². The molecule has 2 saturated heterocycles. The minimum Gasteiger partial charge on any atom is -0.378 e. The summed E-state index contributed by atoms with van der Waals surface area (Å²) >= 11 is 0. The van der Waals surface area contributed by atoms with Gasteiger partial charge in [-0.15, -0.1) is 0 Å². The topological polar surface area (TPSA) is 49.9 Å². The normalized spacial score (nSPS) is 26.1. The third kappa shape index (κ3) is 1.77. The maximum absolute atomic E-state index is 13.8. The first-order valence-corrected chi connectivity index (χ1v) is 6.14. The van der Waals surface area contributed by atoms with E-state index in [-0.39, 0.29) is 18.3 Å². The molecule has 0 saturated carbocycles. The quantitative estimate of drug-likeness (QED) is 0.782. The van der Waals surface area contributed by atoms with Gasteiger partial charge in [-0.25, -0.2) is 18.5 Å². The van der Waals surface area contributed by atoms with E-state index >= 15 is 0 Å². The number of nitrogens with zero attached hydrogens (tertiary/aromatic N) is 2. The van der Waals surface area contributed by atoms with Crippen LogP contribution < -0.4 is 4.90 Å². The van der Waals surface area contributed by atoms with E-state index in [9.17, 15) is 18.4 Å². The Morgan fingerprint density at radius 2 is 2.00 bits per heavy atom. The summed E-state index contributed by atoms with van der Waals surface area (Å²) in [6, 6.07) is 1.79. The molecule has 7 heteroatoms. The number of carbonyl (C=O) groups excluding carboxylic acids is 2. The van der Waals surface area contributed by atoms with Crippen LogP contribution in [-0.2, 0) is 9.53 Å². The summed E-state index contributed by atoms with van der Waals surface area (Å²) < 4.78 is 32.0. The van der Waals surface area contributed by atoms with Crippen LogP contribution >= 0.6 is 0 Å². The smallest absolute Gasteiger partial charge is 0.331 e. The van der Waals surface area contributed by atoms with Gasteiger partial charge in [-0.3, -0.25) is 4.79 Å². The highest BCUT2D eigenvalue weighted by atomic mass is 19.1. The van der Waals surface area contributed by atoms with Crippen LogP contribution in [-0.4, -0.2) is 43.1 Å². The van der Waals surface area contributed by atoms with Crippen molar-refractivity contribution in [3.05, 3.63) is 29.8 Å². The monoisotopic (exact) mass is 282 g/mol. The van der Waals surface area contributed by atoms with Crippen molar-refractivity contribution in [2.24, 2.45) is 5.92 Å². The molecule has 3 rings (SSSR count). The second-order valence-corrected chi connectivity index (χ2v) is 4.87. The predicted octanol–water partition coefficient (Wildman–Crippen LogP) is 1.38. The number of benzene rings is 1. The number of halogens is 2. The third-order valence-corrected chi connectivity index (χ3v) is 3.73. The van der Waals surface area contributed by atoms with Gasteiger partial charge in [0.1, 0.15) is 11.6 Å². The molecule has 2 fully saturated rings. The lowest BCUT2D eigenvalue weighted by Gasteiger charge is -2.38. The first-order chi connectivity index (χ1) is 9.50. The molecule has 20 heavy (non-hydrogen) atoms. The predicted molar refractivity (Wildman–Crippen MR) is 65.1 cm³/mol. The molecule has 2 aliphatic rings. The van der Waals surface area contributed by atoms with Crippen LogP contribution in [0.1, 0.15) is 0 Å². The SMILES string of the molecule is CN1C(=O)N(c2ccc(F)cc2F)C(=O)C2COCC21. The molecule has 106 valence electrons. The van der Waals surface area contributed by atoms with Gasteiger partial charge < -0.3 is 9.64 Å². The summed E-state index contributed by atoms with van der Waals surface area (Å²) in [5, 5.41) is 0. The Balaban J connectivity index is 2.03.